The highest BCUT2D eigenvalue weighted by Gasteiger charge is 2.10. The third-order valence-electron chi connectivity index (χ3n) is 2.74. The molecule has 0 saturated carbocycles. The quantitative estimate of drug-likeness (QED) is 0.628. The van der Waals surface area contributed by atoms with Crippen LogP contribution < -0.4 is 11.3 Å². The number of rotatable bonds is 5. The van der Waals surface area contributed by atoms with Gasteiger partial charge in [-0.15, -0.1) is 11.3 Å². The summed E-state index contributed by atoms with van der Waals surface area (Å²) in [7, 11) is 0. The Hall–Kier alpha value is -1.23. The molecule has 0 amide bonds. The summed E-state index contributed by atoms with van der Waals surface area (Å²) in [5.74, 6) is 5.59. The van der Waals surface area contributed by atoms with Crippen molar-refractivity contribution in [2.24, 2.45) is 5.84 Å². The van der Waals surface area contributed by atoms with Gasteiger partial charge in [-0.05, 0) is 18.9 Å². The van der Waals surface area contributed by atoms with Gasteiger partial charge in [0.05, 0.1) is 5.01 Å². The number of nitrogens with two attached hydrogens (primary N) is 1. The molecule has 1 unspecified atom stereocenters. The minimum absolute atomic E-state index is 0.240. The Morgan fingerprint density at radius 1 is 1.29 bits per heavy atom. The Labute approximate surface area is 106 Å². The molecular formula is C13H17N3S. The van der Waals surface area contributed by atoms with E-state index >= 15 is 0 Å². The van der Waals surface area contributed by atoms with E-state index in [1.165, 1.54) is 11.1 Å². The van der Waals surface area contributed by atoms with Crippen molar-refractivity contribution >= 4 is 11.3 Å². The number of benzene rings is 1. The van der Waals surface area contributed by atoms with E-state index in [-0.39, 0.29) is 6.04 Å². The molecule has 2 aromatic rings. The molecule has 0 fully saturated rings. The molecule has 3 N–H and O–H groups in total. The number of hydrogen-bond acceptors (Lipinski definition) is 4. The van der Waals surface area contributed by atoms with Gasteiger partial charge in [-0.1, -0.05) is 29.8 Å². The molecule has 0 aliphatic carbocycles. The van der Waals surface area contributed by atoms with Gasteiger partial charge in [0.1, 0.15) is 0 Å². The zero-order valence-electron chi connectivity index (χ0n) is 9.89. The molecule has 3 nitrogen and oxygen atoms in total. The topological polar surface area (TPSA) is 50.9 Å². The molecule has 17 heavy (non-hydrogen) atoms. The molecule has 1 aromatic heterocycles. The maximum atomic E-state index is 5.59. The summed E-state index contributed by atoms with van der Waals surface area (Å²) < 4.78 is 0. The molecule has 0 bridgehead atoms. The first-order valence-electron chi connectivity index (χ1n) is 5.68. The molecule has 0 saturated heterocycles. The average Bonchev–Trinajstić information content (AvgIpc) is 2.84. The Bertz CT molecular complexity index is 436. The van der Waals surface area contributed by atoms with Gasteiger partial charge in [0, 0.05) is 24.0 Å². The first-order valence-corrected chi connectivity index (χ1v) is 6.56. The minimum atomic E-state index is 0.240. The first kappa shape index (κ1) is 12.2. The van der Waals surface area contributed by atoms with Crippen LogP contribution in [0.25, 0.3) is 0 Å². The molecule has 4 heteroatoms. The average molecular weight is 247 g/mol. The van der Waals surface area contributed by atoms with Crippen molar-refractivity contribution in [3.63, 3.8) is 0 Å². The largest absolute Gasteiger partial charge is 0.271 e. The fourth-order valence-corrected chi connectivity index (χ4v) is 2.46. The number of nitrogens with one attached hydrogen (secondary N) is 1. The highest BCUT2D eigenvalue weighted by atomic mass is 32.1. The van der Waals surface area contributed by atoms with E-state index in [0.717, 1.165) is 17.8 Å². The second kappa shape index (κ2) is 5.91. The van der Waals surface area contributed by atoms with Crippen molar-refractivity contribution < 1.29 is 0 Å². The van der Waals surface area contributed by atoms with Gasteiger partial charge < -0.3 is 0 Å². The molecule has 2 rings (SSSR count). The maximum Gasteiger partial charge on any atom is 0.0940 e. The molecule has 90 valence electrons. The van der Waals surface area contributed by atoms with Crippen LogP contribution in [0.4, 0.5) is 0 Å². The van der Waals surface area contributed by atoms with Crippen LogP contribution in [-0.2, 0) is 12.8 Å². The zero-order chi connectivity index (χ0) is 12.1. The number of hydrogen-bond donors (Lipinski definition) is 2. The SMILES string of the molecule is Cc1ccc(CC(Cc2nccs2)NN)cc1. The Kier molecular flexibility index (Phi) is 4.25. The fraction of sp³-hybridized carbons (Fsp3) is 0.308. The highest BCUT2D eigenvalue weighted by molar-refractivity contribution is 7.09. The summed E-state index contributed by atoms with van der Waals surface area (Å²) in [6, 6.07) is 8.81. The van der Waals surface area contributed by atoms with Crippen LogP contribution in [0.1, 0.15) is 16.1 Å². The molecule has 1 aromatic carbocycles. The van der Waals surface area contributed by atoms with E-state index in [4.69, 9.17) is 5.84 Å². The van der Waals surface area contributed by atoms with Gasteiger partial charge in [-0.25, -0.2) is 4.98 Å². The van der Waals surface area contributed by atoms with Crippen LogP contribution in [0.2, 0.25) is 0 Å². The van der Waals surface area contributed by atoms with Gasteiger partial charge in [-0.2, -0.15) is 0 Å². The second-order valence-corrected chi connectivity index (χ2v) is 5.16. The van der Waals surface area contributed by atoms with Crippen molar-refractivity contribution in [3.8, 4) is 0 Å². The summed E-state index contributed by atoms with van der Waals surface area (Å²) in [4.78, 5) is 4.28. The lowest BCUT2D eigenvalue weighted by Crippen LogP contribution is -2.38. The van der Waals surface area contributed by atoms with Crippen molar-refractivity contribution in [3.05, 3.63) is 52.0 Å². The van der Waals surface area contributed by atoms with Crippen molar-refractivity contribution in [2.75, 3.05) is 0 Å². The van der Waals surface area contributed by atoms with Crippen LogP contribution in [0.3, 0.4) is 0 Å². The van der Waals surface area contributed by atoms with E-state index < -0.39 is 0 Å². The predicted molar refractivity (Wildman–Crippen MR) is 71.8 cm³/mol. The van der Waals surface area contributed by atoms with Crippen molar-refractivity contribution in [1.29, 1.82) is 0 Å². The minimum Gasteiger partial charge on any atom is -0.271 e. The van der Waals surface area contributed by atoms with E-state index in [2.05, 4.69) is 41.6 Å². The lowest BCUT2D eigenvalue weighted by atomic mass is 10.0. The molecule has 1 heterocycles. The smallest absolute Gasteiger partial charge is 0.0940 e. The van der Waals surface area contributed by atoms with Crippen LogP contribution >= 0.6 is 11.3 Å². The first-order chi connectivity index (χ1) is 8.28. The van der Waals surface area contributed by atoms with Crippen LogP contribution in [0.15, 0.2) is 35.8 Å². The predicted octanol–water partition coefficient (Wildman–Crippen LogP) is 2.07. The van der Waals surface area contributed by atoms with Crippen molar-refractivity contribution in [1.82, 2.24) is 10.4 Å². The van der Waals surface area contributed by atoms with Crippen LogP contribution in [0, 0.1) is 6.92 Å². The molecular weight excluding hydrogens is 230 g/mol. The van der Waals surface area contributed by atoms with Gasteiger partial charge >= 0.3 is 0 Å². The number of nitrogens with zero attached hydrogens (tertiary/aromatic N) is 1. The lowest BCUT2D eigenvalue weighted by molar-refractivity contribution is 0.521. The zero-order valence-corrected chi connectivity index (χ0v) is 10.7. The third-order valence-corrected chi connectivity index (χ3v) is 3.54. The summed E-state index contributed by atoms with van der Waals surface area (Å²) in [6.07, 6.45) is 3.64. The lowest BCUT2D eigenvalue weighted by Gasteiger charge is -2.14. The highest BCUT2D eigenvalue weighted by Crippen LogP contribution is 2.11. The van der Waals surface area contributed by atoms with Crippen molar-refractivity contribution in [2.45, 2.75) is 25.8 Å². The number of thiazole rings is 1. The molecule has 0 aliphatic rings. The summed E-state index contributed by atoms with van der Waals surface area (Å²) in [6.45, 7) is 2.10. The van der Waals surface area contributed by atoms with E-state index in [1.54, 1.807) is 11.3 Å². The van der Waals surface area contributed by atoms with Gasteiger partial charge in [-0.3, -0.25) is 11.3 Å². The Morgan fingerprint density at radius 3 is 2.65 bits per heavy atom. The molecule has 1 atom stereocenters. The van der Waals surface area contributed by atoms with Gasteiger partial charge in [0.2, 0.25) is 0 Å². The standard InChI is InChI=1S/C13H17N3S/c1-10-2-4-11(5-3-10)8-12(16-14)9-13-15-6-7-17-13/h2-7,12,16H,8-9,14H2,1H3. The van der Waals surface area contributed by atoms with E-state index in [0.29, 0.717) is 0 Å². The number of aryl methyl sites for hydroxylation is 1. The normalized spacial score (nSPS) is 12.6. The van der Waals surface area contributed by atoms with E-state index in [1.807, 2.05) is 11.6 Å². The number of hydrazine groups is 1. The molecule has 0 spiro atoms. The Balaban J connectivity index is 1.97. The molecule has 0 aliphatic heterocycles. The summed E-state index contributed by atoms with van der Waals surface area (Å²) >= 11 is 1.67. The summed E-state index contributed by atoms with van der Waals surface area (Å²) in [5.41, 5.74) is 5.45. The number of aromatic nitrogens is 1. The Morgan fingerprint density at radius 2 is 2.06 bits per heavy atom. The van der Waals surface area contributed by atoms with Crippen LogP contribution in [0.5, 0.6) is 0 Å². The third kappa shape index (κ3) is 3.63. The monoisotopic (exact) mass is 247 g/mol. The maximum absolute atomic E-state index is 5.59. The van der Waals surface area contributed by atoms with Gasteiger partial charge in [0.15, 0.2) is 0 Å². The van der Waals surface area contributed by atoms with E-state index in [9.17, 15) is 0 Å². The van der Waals surface area contributed by atoms with Crippen LogP contribution in [-0.4, -0.2) is 11.0 Å². The second-order valence-electron chi connectivity index (χ2n) is 4.18. The summed E-state index contributed by atoms with van der Waals surface area (Å²) in [5, 5.41) is 3.12. The van der Waals surface area contributed by atoms with Gasteiger partial charge in [0.25, 0.3) is 0 Å². The fourth-order valence-electron chi connectivity index (χ4n) is 1.76. The molecule has 0 radical (unpaired) electrons.